The fourth-order valence-electron chi connectivity index (χ4n) is 5.46. The first kappa shape index (κ1) is 18.2. The minimum absolute atomic E-state index is 0.333. The van der Waals surface area contributed by atoms with Gasteiger partial charge in [-0.2, -0.15) is 10.2 Å². The van der Waals surface area contributed by atoms with E-state index in [0.29, 0.717) is 18.2 Å². The van der Waals surface area contributed by atoms with Crippen LogP contribution in [0, 0.1) is 0 Å². The number of hydrogen-bond acceptors (Lipinski definition) is 6. The molecule has 6 heterocycles. The number of aromatic amines is 1. The van der Waals surface area contributed by atoms with Crippen molar-refractivity contribution in [2.75, 3.05) is 29.4 Å². The lowest BCUT2D eigenvalue weighted by Gasteiger charge is -2.37. The third kappa shape index (κ3) is 2.88. The van der Waals surface area contributed by atoms with Crippen molar-refractivity contribution >= 4 is 22.5 Å². The second kappa shape index (κ2) is 6.97. The molecule has 3 fully saturated rings. The molecule has 2 unspecified atom stereocenters. The van der Waals surface area contributed by atoms with E-state index < -0.39 is 0 Å². The summed E-state index contributed by atoms with van der Waals surface area (Å²) in [6.45, 7) is 5.25. The Bertz CT molecular complexity index is 1050. The van der Waals surface area contributed by atoms with Gasteiger partial charge in [0.25, 0.3) is 0 Å². The van der Waals surface area contributed by atoms with Gasteiger partial charge in [0, 0.05) is 45.0 Å². The first-order valence-electron chi connectivity index (χ1n) is 11.2. The van der Waals surface area contributed by atoms with Crippen molar-refractivity contribution in [3.05, 3.63) is 18.3 Å². The largest absolute Gasteiger partial charge is 0.371 e. The number of anilines is 2. The second-order valence-corrected chi connectivity index (χ2v) is 9.04. The Balaban J connectivity index is 1.53. The van der Waals surface area contributed by atoms with Crippen LogP contribution in [0.25, 0.3) is 22.4 Å². The standard InChI is InChI=1S/C22H29N7O/c1-14-5-3-4-10-29(14)18-11-19(28-12-15-6-7-16(13-28)30-15)24-21-20(18)26-27(2)22(21)17-8-9-23-25-17/h8-9,11,14-16H,3-7,10,12-13H2,1-2H3,(H,23,25)/t14-,15?,16?/m1/s1. The van der Waals surface area contributed by atoms with Crippen LogP contribution in [0.4, 0.5) is 11.5 Å². The van der Waals surface area contributed by atoms with Crippen LogP contribution in [0.5, 0.6) is 0 Å². The Morgan fingerprint density at radius 3 is 2.67 bits per heavy atom. The van der Waals surface area contributed by atoms with Crippen LogP contribution in [-0.4, -0.2) is 62.8 Å². The quantitative estimate of drug-likeness (QED) is 0.719. The van der Waals surface area contributed by atoms with E-state index in [4.69, 9.17) is 14.8 Å². The van der Waals surface area contributed by atoms with E-state index in [-0.39, 0.29) is 0 Å². The van der Waals surface area contributed by atoms with Gasteiger partial charge in [0.1, 0.15) is 22.5 Å². The number of rotatable bonds is 3. The van der Waals surface area contributed by atoms with E-state index in [1.165, 1.54) is 24.9 Å². The van der Waals surface area contributed by atoms with Crippen LogP contribution in [-0.2, 0) is 11.8 Å². The summed E-state index contributed by atoms with van der Waals surface area (Å²) >= 11 is 0. The second-order valence-electron chi connectivity index (χ2n) is 9.04. The molecule has 6 rings (SSSR count). The van der Waals surface area contributed by atoms with E-state index in [0.717, 1.165) is 60.7 Å². The number of morpholine rings is 1. The molecule has 2 bridgehead atoms. The molecule has 3 aliphatic heterocycles. The molecule has 8 nitrogen and oxygen atoms in total. The molecule has 3 saturated heterocycles. The van der Waals surface area contributed by atoms with Gasteiger partial charge in [-0.15, -0.1) is 0 Å². The molecule has 0 aromatic carbocycles. The number of nitrogens with one attached hydrogen (secondary N) is 1. The van der Waals surface area contributed by atoms with Crippen LogP contribution in [0.1, 0.15) is 39.0 Å². The van der Waals surface area contributed by atoms with Crippen molar-refractivity contribution < 1.29 is 4.74 Å². The average Bonchev–Trinajstić information content (AvgIpc) is 3.46. The number of ether oxygens (including phenoxy) is 1. The number of piperidine rings is 1. The lowest BCUT2D eigenvalue weighted by atomic mass is 10.0. The zero-order chi connectivity index (χ0) is 20.2. The number of pyridine rings is 1. The fraction of sp³-hybridized carbons (Fsp3) is 0.591. The minimum Gasteiger partial charge on any atom is -0.371 e. The van der Waals surface area contributed by atoms with Gasteiger partial charge in [0.2, 0.25) is 0 Å². The van der Waals surface area contributed by atoms with Gasteiger partial charge in [-0.1, -0.05) is 0 Å². The molecule has 30 heavy (non-hydrogen) atoms. The highest BCUT2D eigenvalue weighted by Gasteiger charge is 2.35. The molecule has 3 aliphatic rings. The Kier molecular flexibility index (Phi) is 4.23. The van der Waals surface area contributed by atoms with Gasteiger partial charge < -0.3 is 14.5 Å². The predicted octanol–water partition coefficient (Wildman–Crippen LogP) is 3.10. The SMILES string of the molecule is C[C@@H]1CCCCN1c1cc(N2CC3CCC(C2)O3)nc2c(-c3ccn[nH]3)n(C)nc12. The highest BCUT2D eigenvalue weighted by molar-refractivity contribution is 5.98. The Hall–Kier alpha value is -2.61. The highest BCUT2D eigenvalue weighted by Crippen LogP contribution is 2.38. The van der Waals surface area contributed by atoms with Crippen molar-refractivity contribution in [2.24, 2.45) is 7.05 Å². The summed E-state index contributed by atoms with van der Waals surface area (Å²) in [6, 6.07) is 4.78. The molecule has 8 heteroatoms. The van der Waals surface area contributed by atoms with Crippen LogP contribution >= 0.6 is 0 Å². The lowest BCUT2D eigenvalue weighted by Crippen LogP contribution is -2.43. The van der Waals surface area contributed by atoms with Crippen LogP contribution in [0.2, 0.25) is 0 Å². The van der Waals surface area contributed by atoms with Crippen LogP contribution < -0.4 is 9.80 Å². The molecule has 0 amide bonds. The average molecular weight is 408 g/mol. The third-order valence-corrected chi connectivity index (χ3v) is 6.99. The van der Waals surface area contributed by atoms with Gasteiger partial charge in [-0.3, -0.25) is 9.78 Å². The highest BCUT2D eigenvalue weighted by atomic mass is 16.5. The predicted molar refractivity (Wildman–Crippen MR) is 117 cm³/mol. The molecule has 3 aromatic heterocycles. The number of fused-ring (bicyclic) bond motifs is 3. The van der Waals surface area contributed by atoms with Crippen molar-refractivity contribution in [1.82, 2.24) is 25.0 Å². The maximum Gasteiger partial charge on any atom is 0.135 e. The zero-order valence-electron chi connectivity index (χ0n) is 17.7. The number of nitrogens with zero attached hydrogens (tertiary/aromatic N) is 6. The first-order chi connectivity index (χ1) is 14.7. The smallest absolute Gasteiger partial charge is 0.135 e. The van der Waals surface area contributed by atoms with Crippen LogP contribution in [0.3, 0.4) is 0 Å². The molecule has 0 aliphatic carbocycles. The summed E-state index contributed by atoms with van der Waals surface area (Å²) in [4.78, 5) is 10.1. The molecule has 1 N–H and O–H groups in total. The molecule has 0 saturated carbocycles. The van der Waals surface area contributed by atoms with E-state index in [1.807, 2.05) is 17.8 Å². The number of H-pyrrole nitrogens is 1. The van der Waals surface area contributed by atoms with E-state index in [1.54, 1.807) is 6.20 Å². The topological polar surface area (TPSA) is 75.1 Å². The number of hydrogen-bond donors (Lipinski definition) is 1. The van der Waals surface area contributed by atoms with Crippen molar-refractivity contribution in [3.8, 4) is 11.4 Å². The van der Waals surface area contributed by atoms with Gasteiger partial charge in [-0.05, 0) is 45.1 Å². The van der Waals surface area contributed by atoms with Crippen molar-refractivity contribution in [1.29, 1.82) is 0 Å². The molecule has 3 aromatic rings. The summed E-state index contributed by atoms with van der Waals surface area (Å²) in [6.07, 6.45) is 8.52. The maximum absolute atomic E-state index is 6.08. The number of aryl methyl sites for hydroxylation is 1. The number of aromatic nitrogens is 5. The van der Waals surface area contributed by atoms with E-state index in [2.05, 4.69) is 33.0 Å². The first-order valence-corrected chi connectivity index (χ1v) is 11.2. The molecule has 158 valence electrons. The molecular weight excluding hydrogens is 378 g/mol. The fourth-order valence-corrected chi connectivity index (χ4v) is 5.46. The summed E-state index contributed by atoms with van der Waals surface area (Å²) in [5, 5.41) is 12.2. The van der Waals surface area contributed by atoms with Gasteiger partial charge in [-0.25, -0.2) is 4.98 Å². The zero-order valence-corrected chi connectivity index (χ0v) is 17.7. The Labute approximate surface area is 176 Å². The molecular formula is C22H29N7O. The lowest BCUT2D eigenvalue weighted by molar-refractivity contribution is 0.0302. The van der Waals surface area contributed by atoms with Gasteiger partial charge in [0.15, 0.2) is 0 Å². The third-order valence-electron chi connectivity index (χ3n) is 6.99. The van der Waals surface area contributed by atoms with Crippen molar-refractivity contribution in [2.45, 2.75) is 57.3 Å². The Morgan fingerprint density at radius 2 is 1.93 bits per heavy atom. The summed E-state index contributed by atoms with van der Waals surface area (Å²) in [5.74, 6) is 1.05. The normalized spacial score (nSPS) is 26.7. The minimum atomic E-state index is 0.333. The maximum atomic E-state index is 6.08. The summed E-state index contributed by atoms with van der Waals surface area (Å²) in [5.41, 5.74) is 5.08. The van der Waals surface area contributed by atoms with Gasteiger partial charge >= 0.3 is 0 Å². The molecule has 0 radical (unpaired) electrons. The molecule has 3 atom stereocenters. The van der Waals surface area contributed by atoms with E-state index >= 15 is 0 Å². The van der Waals surface area contributed by atoms with Crippen molar-refractivity contribution in [3.63, 3.8) is 0 Å². The summed E-state index contributed by atoms with van der Waals surface area (Å²) in [7, 11) is 2.00. The van der Waals surface area contributed by atoms with Gasteiger partial charge in [0.05, 0.1) is 23.6 Å². The molecule has 0 spiro atoms. The monoisotopic (exact) mass is 407 g/mol. The summed E-state index contributed by atoms with van der Waals surface area (Å²) < 4.78 is 8.02. The Morgan fingerprint density at radius 1 is 1.10 bits per heavy atom. The van der Waals surface area contributed by atoms with Crippen LogP contribution in [0.15, 0.2) is 18.3 Å². The van der Waals surface area contributed by atoms with E-state index in [9.17, 15) is 0 Å².